The summed E-state index contributed by atoms with van der Waals surface area (Å²) in [6, 6.07) is 81.7. The molecular formula is C65H48N4O. The number of benzene rings is 9. The van der Waals surface area contributed by atoms with Crippen molar-refractivity contribution in [1.82, 2.24) is 19.3 Å². The molecule has 0 aliphatic heterocycles. The summed E-state index contributed by atoms with van der Waals surface area (Å²) < 4.78 is 11.1. The number of pyridine rings is 1. The standard InChI is InChI=1S/C65H48N4O/c1-43-38-39-66-58(40-43)68-56-35-20-19-34-54(56)55-37-36-53(42-57(55)68)70-52-33-21-32-51(41-52)69-45(3)59(44(2)67-69)65-63(49-28-15-7-16-29-49)61(47-24-11-5-12-25-47)60(46-22-9-4-10-23-46)62(48-26-13-6-14-27-48)64(65)50-30-17-8-18-31-50/h4-42H,1-3H3. The Kier molecular flexibility index (Phi) is 10.8. The molecule has 0 aliphatic rings. The Morgan fingerprint density at radius 1 is 0.371 bits per heavy atom. The highest BCUT2D eigenvalue weighted by Gasteiger charge is 2.31. The fourth-order valence-electron chi connectivity index (χ4n) is 10.4. The van der Waals surface area contributed by atoms with E-state index in [1.165, 1.54) is 22.1 Å². The van der Waals surface area contributed by atoms with Crippen LogP contribution in [0.4, 0.5) is 0 Å². The maximum Gasteiger partial charge on any atom is 0.137 e. The number of ether oxygens (including phenoxy) is 1. The van der Waals surface area contributed by atoms with Gasteiger partial charge in [0.2, 0.25) is 0 Å². The van der Waals surface area contributed by atoms with Crippen molar-refractivity contribution in [3.8, 4) is 89.8 Å². The number of hydrogen-bond acceptors (Lipinski definition) is 3. The SMILES string of the molecule is Cc1ccnc(-n2c3ccccc3c3ccc(Oc4cccc(-n5nc(C)c(-c6c(-c7ccccc7)c(-c7ccccc7)c(-c7ccccc7)c(-c7ccccc7)c6-c6ccccc6)c5C)c4)cc32)c1. The molecule has 9 aromatic carbocycles. The molecule has 0 atom stereocenters. The number of para-hydroxylation sites is 1. The van der Waals surface area contributed by atoms with Crippen molar-refractivity contribution >= 4 is 21.8 Å². The zero-order valence-electron chi connectivity index (χ0n) is 39.2. The van der Waals surface area contributed by atoms with Crippen molar-refractivity contribution in [3.05, 3.63) is 254 Å². The minimum atomic E-state index is 0.710. The van der Waals surface area contributed by atoms with Gasteiger partial charge in [0.1, 0.15) is 17.3 Å². The fourth-order valence-corrected chi connectivity index (χ4v) is 10.4. The van der Waals surface area contributed by atoms with Crippen molar-refractivity contribution in [3.63, 3.8) is 0 Å². The van der Waals surface area contributed by atoms with Gasteiger partial charge in [-0.15, -0.1) is 0 Å². The van der Waals surface area contributed by atoms with Crippen LogP contribution in [0, 0.1) is 20.8 Å². The van der Waals surface area contributed by atoms with Gasteiger partial charge in [-0.2, -0.15) is 5.10 Å². The smallest absolute Gasteiger partial charge is 0.137 e. The summed E-state index contributed by atoms with van der Waals surface area (Å²) in [5, 5.41) is 7.74. The van der Waals surface area contributed by atoms with Gasteiger partial charge < -0.3 is 4.74 Å². The quantitative estimate of drug-likeness (QED) is 0.137. The number of rotatable bonds is 10. The second-order valence-electron chi connectivity index (χ2n) is 17.9. The van der Waals surface area contributed by atoms with E-state index < -0.39 is 0 Å². The molecule has 0 saturated carbocycles. The van der Waals surface area contributed by atoms with Crippen LogP contribution >= 0.6 is 0 Å². The highest BCUT2D eigenvalue weighted by atomic mass is 16.5. The number of hydrogen-bond donors (Lipinski definition) is 0. The normalized spacial score (nSPS) is 11.4. The largest absolute Gasteiger partial charge is 0.457 e. The van der Waals surface area contributed by atoms with Crippen LogP contribution in [-0.2, 0) is 0 Å². The summed E-state index contributed by atoms with van der Waals surface area (Å²) in [5.74, 6) is 2.32. The van der Waals surface area contributed by atoms with Crippen molar-refractivity contribution in [1.29, 1.82) is 0 Å². The van der Waals surface area contributed by atoms with Crippen LogP contribution in [0.25, 0.3) is 100 Å². The van der Waals surface area contributed by atoms with Crippen molar-refractivity contribution < 1.29 is 4.74 Å². The van der Waals surface area contributed by atoms with E-state index in [4.69, 9.17) is 14.8 Å². The van der Waals surface area contributed by atoms with Gasteiger partial charge in [-0.1, -0.05) is 176 Å². The van der Waals surface area contributed by atoms with Crippen molar-refractivity contribution in [2.45, 2.75) is 20.8 Å². The summed E-state index contributed by atoms with van der Waals surface area (Å²) in [6.07, 6.45) is 1.87. The van der Waals surface area contributed by atoms with E-state index in [0.29, 0.717) is 5.75 Å². The molecule has 334 valence electrons. The lowest BCUT2D eigenvalue weighted by Crippen LogP contribution is -2.03. The van der Waals surface area contributed by atoms with E-state index in [1.807, 2.05) is 24.4 Å². The molecule has 0 aliphatic carbocycles. The summed E-state index contributed by atoms with van der Waals surface area (Å²) in [6.45, 7) is 6.45. The van der Waals surface area contributed by atoms with E-state index >= 15 is 0 Å². The molecule has 12 rings (SSSR count). The predicted molar refractivity (Wildman–Crippen MR) is 289 cm³/mol. The monoisotopic (exact) mass is 900 g/mol. The number of fused-ring (bicyclic) bond motifs is 3. The molecule has 3 aromatic heterocycles. The molecule has 0 bridgehead atoms. The highest BCUT2D eigenvalue weighted by molar-refractivity contribution is 6.15. The van der Waals surface area contributed by atoms with E-state index in [1.54, 1.807) is 0 Å². The van der Waals surface area contributed by atoms with Gasteiger partial charge in [0.05, 0.1) is 22.4 Å². The molecule has 5 nitrogen and oxygen atoms in total. The molecule has 12 aromatic rings. The number of aromatic nitrogens is 4. The first-order valence-corrected chi connectivity index (χ1v) is 23.8. The lowest BCUT2D eigenvalue weighted by molar-refractivity contribution is 0.482. The summed E-state index contributed by atoms with van der Waals surface area (Å²) >= 11 is 0. The van der Waals surface area contributed by atoms with Crippen molar-refractivity contribution in [2.75, 3.05) is 0 Å². The summed E-state index contributed by atoms with van der Waals surface area (Å²) in [5.41, 5.74) is 19.8. The maximum absolute atomic E-state index is 6.78. The molecule has 0 N–H and O–H groups in total. The number of nitrogens with zero attached hydrogens (tertiary/aromatic N) is 4. The second-order valence-corrected chi connectivity index (χ2v) is 17.9. The average Bonchev–Trinajstić information content (AvgIpc) is 3.91. The molecular weight excluding hydrogens is 853 g/mol. The summed E-state index contributed by atoms with van der Waals surface area (Å²) in [4.78, 5) is 4.80. The molecule has 0 saturated heterocycles. The third-order valence-electron chi connectivity index (χ3n) is 13.4. The zero-order valence-corrected chi connectivity index (χ0v) is 39.2. The zero-order chi connectivity index (χ0) is 47.1. The van der Waals surface area contributed by atoms with Gasteiger partial charge in [0.15, 0.2) is 0 Å². The Morgan fingerprint density at radius 2 is 0.843 bits per heavy atom. The van der Waals surface area contributed by atoms with E-state index in [2.05, 4.69) is 242 Å². The molecule has 5 heteroatoms. The Morgan fingerprint density at radius 3 is 1.37 bits per heavy atom. The topological polar surface area (TPSA) is 44.9 Å². The van der Waals surface area contributed by atoms with E-state index in [9.17, 15) is 0 Å². The fraction of sp³-hybridized carbons (Fsp3) is 0.0462. The van der Waals surface area contributed by atoms with Gasteiger partial charge in [0, 0.05) is 45.9 Å². The van der Waals surface area contributed by atoms with Crippen LogP contribution < -0.4 is 4.74 Å². The molecule has 0 unspecified atom stereocenters. The minimum absolute atomic E-state index is 0.710. The maximum atomic E-state index is 6.78. The summed E-state index contributed by atoms with van der Waals surface area (Å²) in [7, 11) is 0. The van der Waals surface area contributed by atoms with Gasteiger partial charge in [-0.05, 0) is 124 Å². The lowest BCUT2D eigenvalue weighted by Gasteiger charge is -2.29. The van der Waals surface area contributed by atoms with E-state index in [0.717, 1.165) is 101 Å². The van der Waals surface area contributed by atoms with Gasteiger partial charge in [0.25, 0.3) is 0 Å². The average molecular weight is 901 g/mol. The Hall–Kier alpha value is -9.06. The van der Waals surface area contributed by atoms with Gasteiger partial charge in [-0.25, -0.2) is 9.67 Å². The lowest BCUT2D eigenvalue weighted by atomic mass is 9.74. The number of aryl methyl sites for hydroxylation is 2. The van der Waals surface area contributed by atoms with Crippen LogP contribution in [0.3, 0.4) is 0 Å². The predicted octanol–water partition coefficient (Wildman–Crippen LogP) is 17.1. The first-order chi connectivity index (χ1) is 34.5. The van der Waals surface area contributed by atoms with Crippen LogP contribution in [0.2, 0.25) is 0 Å². The Balaban J connectivity index is 1.09. The Labute approximate surface area is 408 Å². The Bertz CT molecular complexity index is 3750. The first-order valence-electron chi connectivity index (χ1n) is 23.8. The molecule has 0 fully saturated rings. The molecule has 0 spiro atoms. The molecule has 0 amide bonds. The van der Waals surface area contributed by atoms with Crippen LogP contribution in [0.5, 0.6) is 11.5 Å². The third kappa shape index (κ3) is 7.45. The third-order valence-corrected chi connectivity index (χ3v) is 13.4. The van der Waals surface area contributed by atoms with Gasteiger partial charge >= 0.3 is 0 Å². The van der Waals surface area contributed by atoms with Crippen molar-refractivity contribution in [2.24, 2.45) is 0 Å². The van der Waals surface area contributed by atoms with Crippen LogP contribution in [0.15, 0.2) is 237 Å². The highest BCUT2D eigenvalue weighted by Crippen LogP contribution is 2.56. The van der Waals surface area contributed by atoms with Crippen LogP contribution in [-0.4, -0.2) is 19.3 Å². The molecule has 70 heavy (non-hydrogen) atoms. The second kappa shape index (κ2) is 17.9. The minimum Gasteiger partial charge on any atom is -0.457 e. The molecule has 3 heterocycles. The van der Waals surface area contributed by atoms with E-state index in [-0.39, 0.29) is 0 Å². The first kappa shape index (κ1) is 42.3. The van der Waals surface area contributed by atoms with Gasteiger partial charge in [-0.3, -0.25) is 4.57 Å². The molecule has 0 radical (unpaired) electrons. The van der Waals surface area contributed by atoms with Crippen LogP contribution in [0.1, 0.15) is 17.0 Å².